The van der Waals surface area contributed by atoms with Crippen molar-refractivity contribution in [1.29, 1.82) is 0 Å². The lowest BCUT2D eigenvalue weighted by Gasteiger charge is -2.38. The predicted molar refractivity (Wildman–Crippen MR) is 155 cm³/mol. The maximum Gasteiger partial charge on any atom is 0.251 e. The number of hydrogen-bond acceptors (Lipinski definition) is 6. The summed E-state index contributed by atoms with van der Waals surface area (Å²) in [6, 6.07) is 14.2. The zero-order valence-corrected chi connectivity index (χ0v) is 23.1. The molecule has 2 aromatic carbocycles. The van der Waals surface area contributed by atoms with Gasteiger partial charge in [0, 0.05) is 74.6 Å². The second-order valence-corrected chi connectivity index (χ2v) is 10.1. The number of nitrogens with zero attached hydrogens (tertiary/aromatic N) is 3. The first-order valence-corrected chi connectivity index (χ1v) is 13.7. The van der Waals surface area contributed by atoms with E-state index in [2.05, 4.69) is 46.1 Å². The van der Waals surface area contributed by atoms with Crippen molar-refractivity contribution in [3.8, 4) is 5.88 Å². The fraction of sp³-hybridized carbons (Fsp3) is 0.467. The zero-order valence-electron chi connectivity index (χ0n) is 23.1. The van der Waals surface area contributed by atoms with E-state index in [0.717, 1.165) is 61.7 Å². The lowest BCUT2D eigenvalue weighted by molar-refractivity contribution is 0.0963. The molecular weight excluding hydrogens is 478 g/mol. The smallest absolute Gasteiger partial charge is 0.251 e. The number of carbonyl (C=O) groups excluding carboxylic acids is 1. The molecule has 0 aliphatic carbocycles. The Balaban J connectivity index is 0.000000603. The third kappa shape index (κ3) is 6.55. The molecule has 2 fully saturated rings. The number of carbonyl (C=O) groups is 1. The van der Waals surface area contributed by atoms with Crippen molar-refractivity contribution >= 4 is 33.9 Å². The van der Waals surface area contributed by atoms with Crippen molar-refractivity contribution < 1.29 is 14.6 Å². The van der Waals surface area contributed by atoms with Gasteiger partial charge in [-0.1, -0.05) is 6.92 Å². The third-order valence-electron chi connectivity index (χ3n) is 7.24. The van der Waals surface area contributed by atoms with Crippen LogP contribution in [-0.4, -0.2) is 79.1 Å². The van der Waals surface area contributed by atoms with Gasteiger partial charge in [-0.15, -0.1) is 0 Å². The largest absolute Gasteiger partial charge is 0.494 e. The van der Waals surface area contributed by atoms with E-state index >= 15 is 0 Å². The average molecular weight is 520 g/mol. The van der Waals surface area contributed by atoms with Crippen molar-refractivity contribution in [2.24, 2.45) is 4.99 Å². The molecule has 2 aliphatic rings. The van der Waals surface area contributed by atoms with Gasteiger partial charge in [0.1, 0.15) is 0 Å². The van der Waals surface area contributed by atoms with Crippen LogP contribution in [0.4, 0.5) is 11.4 Å². The van der Waals surface area contributed by atoms with Crippen LogP contribution in [0.15, 0.2) is 47.5 Å². The van der Waals surface area contributed by atoms with Crippen molar-refractivity contribution in [2.45, 2.75) is 46.1 Å². The minimum absolute atomic E-state index is 0.0688. The van der Waals surface area contributed by atoms with Gasteiger partial charge < -0.3 is 25.0 Å². The summed E-state index contributed by atoms with van der Waals surface area (Å²) in [5.41, 5.74) is 4.78. The monoisotopic (exact) mass is 519 g/mol. The summed E-state index contributed by atoms with van der Waals surface area (Å²) in [6.45, 7) is 12.7. The second kappa shape index (κ2) is 12.9. The molecule has 0 radical (unpaired) electrons. The van der Waals surface area contributed by atoms with Gasteiger partial charge in [0.2, 0.25) is 0 Å². The lowest BCUT2D eigenvalue weighted by Crippen LogP contribution is -2.48. The van der Waals surface area contributed by atoms with Crippen LogP contribution in [0.2, 0.25) is 0 Å². The minimum atomic E-state index is -0.164. The number of aromatic amines is 1. The Kier molecular flexibility index (Phi) is 9.42. The average Bonchev–Trinajstić information content (AvgIpc) is 3.63. The molecule has 8 nitrogen and oxygen atoms in total. The van der Waals surface area contributed by atoms with Gasteiger partial charge in [-0.2, -0.15) is 0 Å². The molecule has 38 heavy (non-hydrogen) atoms. The molecule has 3 aromatic rings. The standard InChI is InChI=1S/C26H33N5O2.C4H8O/c1-5-22(24-21-16-18(25(32)27-4)6-11-23(21)29-26(24)33)28-19-7-9-20(10-8-19)31-14-12-30(13-15-31)17(2)3;1-2-4-5-3-1/h6-11,16-17,29,33H,5,12-15H2,1-4H3,(H,27,32);1-4H2. The van der Waals surface area contributed by atoms with Gasteiger partial charge in [-0.05, 0) is 75.6 Å². The summed E-state index contributed by atoms with van der Waals surface area (Å²) in [6.07, 6.45) is 3.20. The number of fused-ring (bicyclic) bond motifs is 1. The Bertz CT molecular complexity index is 1230. The first-order chi connectivity index (χ1) is 18.4. The van der Waals surface area contributed by atoms with Crippen LogP contribution >= 0.6 is 0 Å². The molecular formula is C30H41N5O3. The number of aliphatic imine (C=N–C) groups is 1. The summed E-state index contributed by atoms with van der Waals surface area (Å²) in [4.78, 5) is 24.9. The maximum absolute atomic E-state index is 12.1. The number of rotatable bonds is 6. The van der Waals surface area contributed by atoms with E-state index in [0.29, 0.717) is 23.6 Å². The van der Waals surface area contributed by atoms with Crippen molar-refractivity contribution in [1.82, 2.24) is 15.2 Å². The Labute approximate surface area is 225 Å². The number of H-pyrrole nitrogens is 1. The van der Waals surface area contributed by atoms with Crippen LogP contribution in [0.1, 0.15) is 56.0 Å². The van der Waals surface area contributed by atoms with Crippen LogP contribution in [0, 0.1) is 0 Å². The highest BCUT2D eigenvalue weighted by atomic mass is 16.5. The van der Waals surface area contributed by atoms with E-state index in [9.17, 15) is 9.90 Å². The third-order valence-corrected chi connectivity index (χ3v) is 7.24. The normalized spacial score (nSPS) is 16.6. The molecule has 0 bridgehead atoms. The lowest BCUT2D eigenvalue weighted by atomic mass is 10.0. The van der Waals surface area contributed by atoms with E-state index in [1.165, 1.54) is 18.5 Å². The van der Waals surface area contributed by atoms with Crippen molar-refractivity contribution in [3.63, 3.8) is 0 Å². The molecule has 0 unspecified atom stereocenters. The number of anilines is 1. The number of aromatic nitrogens is 1. The molecule has 204 valence electrons. The summed E-state index contributed by atoms with van der Waals surface area (Å²) < 4.78 is 4.94. The number of piperazine rings is 1. The van der Waals surface area contributed by atoms with E-state index in [4.69, 9.17) is 9.73 Å². The first-order valence-electron chi connectivity index (χ1n) is 13.7. The van der Waals surface area contributed by atoms with E-state index in [-0.39, 0.29) is 11.8 Å². The summed E-state index contributed by atoms with van der Waals surface area (Å²) >= 11 is 0. The number of nitrogens with one attached hydrogen (secondary N) is 2. The molecule has 2 saturated heterocycles. The SMILES string of the molecule is C1CCOC1.CCC(=Nc1ccc(N2CCN(C(C)C)CC2)cc1)c1c(O)[nH]c2ccc(C(=O)NC)cc12. The fourth-order valence-corrected chi connectivity index (χ4v) is 4.97. The first kappa shape index (κ1) is 27.7. The number of hydrogen-bond donors (Lipinski definition) is 3. The summed E-state index contributed by atoms with van der Waals surface area (Å²) in [5, 5.41) is 14.1. The van der Waals surface area contributed by atoms with E-state index in [1.54, 1.807) is 19.2 Å². The van der Waals surface area contributed by atoms with Gasteiger partial charge >= 0.3 is 0 Å². The quantitative estimate of drug-likeness (QED) is 0.395. The zero-order chi connectivity index (χ0) is 27.1. The van der Waals surface area contributed by atoms with Crippen LogP contribution in [0.5, 0.6) is 5.88 Å². The molecule has 8 heteroatoms. The highest BCUT2D eigenvalue weighted by molar-refractivity contribution is 6.14. The molecule has 3 heterocycles. The Morgan fingerprint density at radius 3 is 2.32 bits per heavy atom. The minimum Gasteiger partial charge on any atom is -0.494 e. The van der Waals surface area contributed by atoms with Crippen molar-refractivity contribution in [2.75, 3.05) is 51.3 Å². The molecule has 0 saturated carbocycles. The Hall–Kier alpha value is -3.36. The maximum atomic E-state index is 12.1. The topological polar surface area (TPSA) is 93.2 Å². The van der Waals surface area contributed by atoms with Gasteiger partial charge in [0.05, 0.1) is 17.0 Å². The van der Waals surface area contributed by atoms with Crippen LogP contribution in [0.3, 0.4) is 0 Å². The number of benzene rings is 2. The molecule has 5 rings (SSSR count). The summed E-state index contributed by atoms with van der Waals surface area (Å²) in [5.74, 6) is -0.0948. The summed E-state index contributed by atoms with van der Waals surface area (Å²) in [7, 11) is 1.61. The van der Waals surface area contributed by atoms with E-state index in [1.807, 2.05) is 25.1 Å². The number of aromatic hydroxyl groups is 1. The van der Waals surface area contributed by atoms with Crippen molar-refractivity contribution in [3.05, 3.63) is 53.6 Å². The highest BCUT2D eigenvalue weighted by Crippen LogP contribution is 2.31. The number of amides is 1. The van der Waals surface area contributed by atoms with Gasteiger partial charge in [0.15, 0.2) is 5.88 Å². The number of ether oxygens (including phenoxy) is 1. The van der Waals surface area contributed by atoms with Crippen LogP contribution < -0.4 is 10.2 Å². The van der Waals surface area contributed by atoms with Gasteiger partial charge in [0.25, 0.3) is 5.91 Å². The second-order valence-electron chi connectivity index (χ2n) is 10.1. The Morgan fingerprint density at radius 2 is 1.76 bits per heavy atom. The molecule has 3 N–H and O–H groups in total. The molecule has 1 aromatic heterocycles. The van der Waals surface area contributed by atoms with Crippen LogP contribution in [0.25, 0.3) is 10.9 Å². The van der Waals surface area contributed by atoms with Crippen LogP contribution in [-0.2, 0) is 4.74 Å². The molecule has 0 spiro atoms. The molecule has 1 amide bonds. The van der Waals surface area contributed by atoms with Gasteiger partial charge in [-0.3, -0.25) is 14.7 Å². The van der Waals surface area contributed by atoms with Gasteiger partial charge in [-0.25, -0.2) is 0 Å². The highest BCUT2D eigenvalue weighted by Gasteiger charge is 2.20. The molecule has 0 atom stereocenters. The predicted octanol–water partition coefficient (Wildman–Crippen LogP) is 5.09. The Morgan fingerprint density at radius 1 is 1.08 bits per heavy atom. The van der Waals surface area contributed by atoms with E-state index < -0.39 is 0 Å². The molecule has 2 aliphatic heterocycles. The fourth-order valence-electron chi connectivity index (χ4n) is 4.97.